The molecule has 1 aromatic heterocycles. The first kappa shape index (κ1) is 19.8. The Morgan fingerprint density at radius 1 is 1.10 bits per heavy atom. The zero-order valence-corrected chi connectivity index (χ0v) is 18.0. The third-order valence-corrected chi connectivity index (χ3v) is 7.30. The number of rotatable bonds is 4. The highest BCUT2D eigenvalue weighted by Crippen LogP contribution is 2.57. The van der Waals surface area contributed by atoms with Gasteiger partial charge in [-0.1, -0.05) is 23.3 Å². The Bertz CT molecular complexity index is 1020. The number of nitrogens with zero attached hydrogens (tertiary/aromatic N) is 1. The van der Waals surface area contributed by atoms with E-state index in [0.717, 1.165) is 29.7 Å². The van der Waals surface area contributed by atoms with Crippen LogP contribution in [0.1, 0.15) is 37.8 Å². The van der Waals surface area contributed by atoms with Crippen molar-refractivity contribution in [1.82, 2.24) is 4.98 Å². The SMILES string of the molecule is CC(C)=C1[C@@H]2CC[C@@H]1[C@@H](C(=O)Nc1nc(-c3ccc(C)c(C)c3)cs1)[C@@H]2C(=O)O. The number of benzene rings is 1. The van der Waals surface area contributed by atoms with Gasteiger partial charge in [-0.05, 0) is 69.6 Å². The molecule has 4 rings (SSSR count). The first-order valence-electron chi connectivity index (χ1n) is 10.0. The molecule has 1 amide bonds. The number of anilines is 1. The van der Waals surface area contributed by atoms with E-state index in [0.29, 0.717) is 5.13 Å². The third kappa shape index (κ3) is 3.39. The van der Waals surface area contributed by atoms with Crippen molar-refractivity contribution in [3.8, 4) is 11.3 Å². The van der Waals surface area contributed by atoms with Gasteiger partial charge in [-0.3, -0.25) is 9.59 Å². The van der Waals surface area contributed by atoms with Crippen molar-refractivity contribution in [3.63, 3.8) is 0 Å². The van der Waals surface area contributed by atoms with Crippen LogP contribution in [-0.2, 0) is 9.59 Å². The summed E-state index contributed by atoms with van der Waals surface area (Å²) in [5.41, 5.74) is 6.60. The molecule has 2 bridgehead atoms. The van der Waals surface area contributed by atoms with Gasteiger partial charge in [-0.25, -0.2) is 4.98 Å². The largest absolute Gasteiger partial charge is 0.481 e. The number of aliphatic carboxylic acids is 1. The van der Waals surface area contributed by atoms with Gasteiger partial charge in [0.1, 0.15) is 0 Å². The maximum absolute atomic E-state index is 13.1. The number of aryl methyl sites for hydroxylation is 2. The number of carbonyl (C=O) groups is 2. The number of thiazole rings is 1. The molecule has 2 fully saturated rings. The van der Waals surface area contributed by atoms with E-state index in [9.17, 15) is 14.7 Å². The van der Waals surface area contributed by atoms with Crippen LogP contribution < -0.4 is 5.32 Å². The van der Waals surface area contributed by atoms with Gasteiger partial charge in [-0.15, -0.1) is 11.3 Å². The normalized spacial score (nSPS) is 25.3. The molecule has 2 aliphatic rings. The van der Waals surface area contributed by atoms with E-state index in [-0.39, 0.29) is 17.7 Å². The minimum atomic E-state index is -0.869. The molecule has 5 nitrogen and oxygen atoms in total. The molecule has 2 N–H and O–H groups in total. The van der Waals surface area contributed by atoms with E-state index < -0.39 is 17.8 Å². The number of hydrogen-bond acceptors (Lipinski definition) is 4. The highest BCUT2D eigenvalue weighted by Gasteiger charge is 2.57. The van der Waals surface area contributed by atoms with E-state index >= 15 is 0 Å². The summed E-state index contributed by atoms with van der Waals surface area (Å²) >= 11 is 1.38. The van der Waals surface area contributed by atoms with Crippen LogP contribution in [0.5, 0.6) is 0 Å². The molecular weight excluding hydrogens is 384 g/mol. The first-order chi connectivity index (χ1) is 13.8. The highest BCUT2D eigenvalue weighted by atomic mass is 32.1. The second kappa shape index (κ2) is 7.41. The van der Waals surface area contributed by atoms with E-state index in [4.69, 9.17) is 0 Å². The Kier molecular flexibility index (Phi) is 5.07. The number of fused-ring (bicyclic) bond motifs is 2. The highest BCUT2D eigenvalue weighted by molar-refractivity contribution is 7.14. The lowest BCUT2D eigenvalue weighted by atomic mass is 9.79. The van der Waals surface area contributed by atoms with Crippen LogP contribution in [-0.4, -0.2) is 22.0 Å². The quantitative estimate of drug-likeness (QED) is 0.691. The molecule has 0 saturated heterocycles. The van der Waals surface area contributed by atoms with Gasteiger partial charge >= 0.3 is 5.97 Å². The van der Waals surface area contributed by atoms with Crippen molar-refractivity contribution >= 4 is 28.3 Å². The molecule has 0 spiro atoms. The van der Waals surface area contributed by atoms with E-state index in [1.165, 1.54) is 28.0 Å². The van der Waals surface area contributed by atoms with Crippen molar-refractivity contribution in [2.45, 2.75) is 40.5 Å². The molecule has 2 saturated carbocycles. The van der Waals surface area contributed by atoms with Gasteiger partial charge in [0.15, 0.2) is 5.13 Å². The maximum Gasteiger partial charge on any atom is 0.307 e. The number of nitrogens with one attached hydrogen (secondary N) is 1. The van der Waals surface area contributed by atoms with Gasteiger partial charge in [0, 0.05) is 10.9 Å². The summed E-state index contributed by atoms with van der Waals surface area (Å²) in [6, 6.07) is 6.18. The fourth-order valence-electron chi connectivity index (χ4n) is 5.16. The van der Waals surface area contributed by atoms with E-state index in [1.807, 2.05) is 25.3 Å². The van der Waals surface area contributed by atoms with Crippen LogP contribution in [0.15, 0.2) is 34.7 Å². The third-order valence-electron chi connectivity index (χ3n) is 6.54. The van der Waals surface area contributed by atoms with Crippen molar-refractivity contribution in [1.29, 1.82) is 0 Å². The van der Waals surface area contributed by atoms with Crippen LogP contribution in [0.25, 0.3) is 11.3 Å². The average Bonchev–Trinajstić information content (AvgIpc) is 3.36. The topological polar surface area (TPSA) is 79.3 Å². The molecule has 2 aliphatic carbocycles. The molecular formula is C23H26N2O3S. The summed E-state index contributed by atoms with van der Waals surface area (Å²) in [4.78, 5) is 29.6. The molecule has 0 radical (unpaired) electrons. The van der Waals surface area contributed by atoms with E-state index in [2.05, 4.69) is 36.3 Å². The van der Waals surface area contributed by atoms with Crippen LogP contribution in [0.3, 0.4) is 0 Å². The molecule has 2 aromatic rings. The summed E-state index contributed by atoms with van der Waals surface area (Å²) < 4.78 is 0. The Balaban J connectivity index is 1.57. The Hall–Kier alpha value is -2.47. The number of aromatic nitrogens is 1. The van der Waals surface area contributed by atoms with Gasteiger partial charge < -0.3 is 10.4 Å². The van der Waals surface area contributed by atoms with Gasteiger partial charge in [0.05, 0.1) is 17.5 Å². The number of carbonyl (C=O) groups excluding carboxylic acids is 1. The molecule has 1 aromatic carbocycles. The monoisotopic (exact) mass is 410 g/mol. The van der Waals surface area contributed by atoms with Crippen molar-refractivity contribution in [2.75, 3.05) is 5.32 Å². The lowest BCUT2D eigenvalue weighted by Crippen LogP contribution is -2.37. The fourth-order valence-corrected chi connectivity index (χ4v) is 5.88. The zero-order chi connectivity index (χ0) is 20.9. The van der Waals surface area contributed by atoms with Crippen molar-refractivity contribution in [3.05, 3.63) is 45.9 Å². The van der Waals surface area contributed by atoms with Crippen LogP contribution in [0.2, 0.25) is 0 Å². The fraction of sp³-hybridized carbons (Fsp3) is 0.435. The molecule has 0 unspecified atom stereocenters. The predicted octanol–water partition coefficient (Wildman–Crippen LogP) is 5.06. The van der Waals surface area contributed by atoms with Gasteiger partial charge in [0.2, 0.25) is 5.91 Å². The van der Waals surface area contributed by atoms with Crippen LogP contribution in [0.4, 0.5) is 5.13 Å². The van der Waals surface area contributed by atoms with Crippen molar-refractivity contribution in [2.24, 2.45) is 23.7 Å². The summed E-state index contributed by atoms with van der Waals surface area (Å²) in [6.45, 7) is 8.18. The molecule has 1 heterocycles. The summed E-state index contributed by atoms with van der Waals surface area (Å²) in [5.74, 6) is -2.23. The number of hydrogen-bond donors (Lipinski definition) is 2. The molecule has 0 aliphatic heterocycles. The molecule has 152 valence electrons. The standard InChI is InChI=1S/C23H26N2O3S/c1-11(2)18-15-7-8-16(18)20(22(27)28)19(15)21(26)25-23-24-17(10-29-23)14-6-5-12(3)13(4)9-14/h5-6,9-10,15-16,19-20H,7-8H2,1-4H3,(H,27,28)(H,24,25,26)/t15-,16-,19+,20+/m0/s1. The Morgan fingerprint density at radius 3 is 2.41 bits per heavy atom. The second-order valence-electron chi connectivity index (χ2n) is 8.46. The smallest absolute Gasteiger partial charge is 0.307 e. The van der Waals surface area contributed by atoms with Gasteiger partial charge in [-0.2, -0.15) is 0 Å². The lowest BCUT2D eigenvalue weighted by Gasteiger charge is -2.25. The van der Waals surface area contributed by atoms with Crippen molar-refractivity contribution < 1.29 is 14.7 Å². The summed E-state index contributed by atoms with van der Waals surface area (Å²) in [5, 5.41) is 15.2. The van der Waals surface area contributed by atoms with Crippen LogP contribution in [0, 0.1) is 37.5 Å². The maximum atomic E-state index is 13.1. The average molecular weight is 411 g/mol. The molecule has 29 heavy (non-hydrogen) atoms. The van der Waals surface area contributed by atoms with E-state index in [1.54, 1.807) is 0 Å². The summed E-state index contributed by atoms with van der Waals surface area (Å²) in [7, 11) is 0. The minimum Gasteiger partial charge on any atom is -0.481 e. The molecule has 6 heteroatoms. The number of amides is 1. The predicted molar refractivity (Wildman–Crippen MR) is 115 cm³/mol. The Labute approximate surface area is 174 Å². The molecule has 4 atom stereocenters. The minimum absolute atomic E-state index is 0.0133. The number of carboxylic acid groups (broad SMARTS) is 1. The first-order valence-corrected chi connectivity index (χ1v) is 10.9. The Morgan fingerprint density at radius 2 is 1.79 bits per heavy atom. The second-order valence-corrected chi connectivity index (χ2v) is 9.32. The van der Waals surface area contributed by atoms with Gasteiger partial charge in [0.25, 0.3) is 0 Å². The number of carboxylic acids is 1. The van der Waals surface area contributed by atoms with Crippen LogP contribution >= 0.6 is 11.3 Å². The number of allylic oxidation sites excluding steroid dienone is 2. The lowest BCUT2D eigenvalue weighted by molar-refractivity contribution is -0.148. The zero-order valence-electron chi connectivity index (χ0n) is 17.2. The summed E-state index contributed by atoms with van der Waals surface area (Å²) in [6.07, 6.45) is 1.75.